The largest absolute Gasteiger partial charge is 0.484 e. The quantitative estimate of drug-likeness (QED) is 0.839. The van der Waals surface area contributed by atoms with Crippen molar-refractivity contribution in [1.82, 2.24) is 14.9 Å². The van der Waals surface area contributed by atoms with Crippen molar-refractivity contribution in [2.75, 3.05) is 19.7 Å². The van der Waals surface area contributed by atoms with Gasteiger partial charge in [-0.1, -0.05) is 0 Å². The van der Waals surface area contributed by atoms with Gasteiger partial charge in [0, 0.05) is 38.3 Å². The lowest BCUT2D eigenvalue weighted by atomic mass is 10.1. The third kappa shape index (κ3) is 4.41. The molecule has 1 aliphatic heterocycles. The fraction of sp³-hybridized carbons (Fsp3) is 0.353. The molecule has 0 bridgehead atoms. The first-order valence-electron chi connectivity index (χ1n) is 7.80. The number of carbonyl (C=O) groups excluding carboxylic acids is 1. The van der Waals surface area contributed by atoms with Gasteiger partial charge in [0.2, 0.25) is 0 Å². The number of rotatable bonds is 5. The highest BCUT2D eigenvalue weighted by Gasteiger charge is 2.24. The number of likely N-dealkylation sites (tertiary alicyclic amines) is 1. The molecular formula is C17H18FN3O3. The number of halogens is 1. The molecule has 0 unspecified atom stereocenters. The van der Waals surface area contributed by atoms with E-state index < -0.39 is 0 Å². The minimum atomic E-state index is -0.335. The van der Waals surface area contributed by atoms with Gasteiger partial charge in [0.15, 0.2) is 6.61 Å². The van der Waals surface area contributed by atoms with Gasteiger partial charge < -0.3 is 14.4 Å². The van der Waals surface area contributed by atoms with Crippen LogP contribution in [0, 0.1) is 5.82 Å². The number of ether oxygens (including phenoxy) is 2. The van der Waals surface area contributed by atoms with Crippen molar-refractivity contribution >= 4 is 5.91 Å². The first-order valence-corrected chi connectivity index (χ1v) is 7.80. The molecule has 1 aliphatic rings. The topological polar surface area (TPSA) is 64.5 Å². The van der Waals surface area contributed by atoms with Crippen LogP contribution in [0.1, 0.15) is 12.8 Å². The third-order valence-electron chi connectivity index (χ3n) is 3.78. The maximum Gasteiger partial charge on any atom is 0.316 e. The zero-order chi connectivity index (χ0) is 16.8. The SMILES string of the molecule is O=C(COc1ccc(F)cc1)N1CCC(Oc2ncccn2)CC1. The van der Waals surface area contributed by atoms with Gasteiger partial charge in [0.25, 0.3) is 5.91 Å². The molecule has 1 aromatic heterocycles. The number of hydrogen-bond acceptors (Lipinski definition) is 5. The van der Waals surface area contributed by atoms with Crippen LogP contribution < -0.4 is 9.47 Å². The minimum absolute atomic E-state index is 0.00877. The molecule has 0 radical (unpaired) electrons. The van der Waals surface area contributed by atoms with Crippen molar-refractivity contribution in [3.63, 3.8) is 0 Å². The lowest BCUT2D eigenvalue weighted by molar-refractivity contribution is -0.135. The molecule has 0 spiro atoms. The Morgan fingerprint density at radius 2 is 1.83 bits per heavy atom. The molecule has 2 aromatic rings. The van der Waals surface area contributed by atoms with Gasteiger partial charge >= 0.3 is 6.01 Å². The van der Waals surface area contributed by atoms with Gasteiger partial charge in [-0.05, 0) is 30.3 Å². The fourth-order valence-corrected chi connectivity index (χ4v) is 2.49. The Kier molecular flexibility index (Phi) is 5.20. The molecular weight excluding hydrogens is 313 g/mol. The Hall–Kier alpha value is -2.70. The summed E-state index contributed by atoms with van der Waals surface area (Å²) in [6.45, 7) is 1.14. The van der Waals surface area contributed by atoms with E-state index in [9.17, 15) is 9.18 Å². The van der Waals surface area contributed by atoms with E-state index in [4.69, 9.17) is 9.47 Å². The van der Waals surface area contributed by atoms with E-state index in [-0.39, 0.29) is 24.4 Å². The number of aromatic nitrogens is 2. The van der Waals surface area contributed by atoms with Crippen molar-refractivity contribution in [1.29, 1.82) is 0 Å². The van der Waals surface area contributed by atoms with Gasteiger partial charge in [-0.3, -0.25) is 4.79 Å². The third-order valence-corrected chi connectivity index (χ3v) is 3.78. The summed E-state index contributed by atoms with van der Waals surface area (Å²) < 4.78 is 23.9. The number of amides is 1. The smallest absolute Gasteiger partial charge is 0.316 e. The molecule has 1 aromatic carbocycles. The number of carbonyl (C=O) groups is 1. The van der Waals surface area contributed by atoms with Crippen LogP contribution in [0.3, 0.4) is 0 Å². The van der Waals surface area contributed by atoms with E-state index in [0.29, 0.717) is 24.8 Å². The molecule has 2 heterocycles. The van der Waals surface area contributed by atoms with E-state index in [1.807, 2.05) is 0 Å². The van der Waals surface area contributed by atoms with Crippen LogP contribution in [-0.2, 0) is 4.79 Å². The Bertz CT molecular complexity index is 659. The number of piperidine rings is 1. The van der Waals surface area contributed by atoms with Gasteiger partial charge in [0.1, 0.15) is 17.7 Å². The highest BCUT2D eigenvalue weighted by Crippen LogP contribution is 2.16. The summed E-state index contributed by atoms with van der Waals surface area (Å²) >= 11 is 0. The van der Waals surface area contributed by atoms with Crippen molar-refractivity contribution < 1.29 is 18.7 Å². The number of hydrogen-bond donors (Lipinski definition) is 0. The molecule has 1 saturated heterocycles. The van der Waals surface area contributed by atoms with Gasteiger partial charge in [-0.15, -0.1) is 0 Å². The van der Waals surface area contributed by atoms with Crippen LogP contribution in [0.15, 0.2) is 42.7 Å². The Balaban J connectivity index is 1.42. The summed E-state index contributed by atoms with van der Waals surface area (Å²) in [4.78, 5) is 22.0. The lowest BCUT2D eigenvalue weighted by Gasteiger charge is -2.31. The van der Waals surface area contributed by atoms with Crippen molar-refractivity contribution in [3.05, 3.63) is 48.5 Å². The molecule has 6 nitrogen and oxygen atoms in total. The van der Waals surface area contributed by atoms with E-state index in [0.717, 1.165) is 12.8 Å². The lowest BCUT2D eigenvalue weighted by Crippen LogP contribution is -2.43. The zero-order valence-corrected chi connectivity index (χ0v) is 13.1. The molecule has 3 rings (SSSR count). The van der Waals surface area contributed by atoms with Gasteiger partial charge in [-0.2, -0.15) is 0 Å². The highest BCUT2D eigenvalue weighted by atomic mass is 19.1. The standard InChI is InChI=1S/C17H18FN3O3/c18-13-2-4-14(5-3-13)23-12-16(22)21-10-6-15(7-11-21)24-17-19-8-1-9-20-17/h1-5,8-9,15H,6-7,10-12H2. The Labute approximate surface area is 139 Å². The summed E-state index contributed by atoms with van der Waals surface area (Å²) in [7, 11) is 0. The average Bonchev–Trinajstić information content (AvgIpc) is 2.62. The van der Waals surface area contributed by atoms with Gasteiger partial charge in [-0.25, -0.2) is 14.4 Å². The summed E-state index contributed by atoms with van der Waals surface area (Å²) in [5.74, 6) is 0.0519. The number of benzene rings is 1. The monoisotopic (exact) mass is 331 g/mol. The first kappa shape index (κ1) is 16.2. The summed E-state index contributed by atoms with van der Waals surface area (Å²) in [6, 6.07) is 7.70. The summed E-state index contributed by atoms with van der Waals surface area (Å²) in [5, 5.41) is 0. The summed E-state index contributed by atoms with van der Waals surface area (Å²) in [6.07, 6.45) is 4.72. The second-order valence-corrected chi connectivity index (χ2v) is 5.47. The van der Waals surface area contributed by atoms with Crippen molar-refractivity contribution in [3.8, 4) is 11.8 Å². The van der Waals surface area contributed by atoms with E-state index >= 15 is 0 Å². The zero-order valence-electron chi connectivity index (χ0n) is 13.1. The molecule has 1 fully saturated rings. The normalized spacial score (nSPS) is 15.1. The molecule has 126 valence electrons. The minimum Gasteiger partial charge on any atom is -0.484 e. The van der Waals surface area contributed by atoms with Gasteiger partial charge in [0.05, 0.1) is 0 Å². The van der Waals surface area contributed by atoms with Crippen LogP contribution in [0.25, 0.3) is 0 Å². The van der Waals surface area contributed by atoms with Crippen LogP contribution in [0.5, 0.6) is 11.8 Å². The van der Waals surface area contributed by atoms with E-state index in [1.165, 1.54) is 24.3 Å². The van der Waals surface area contributed by atoms with E-state index in [1.54, 1.807) is 23.4 Å². The molecule has 0 N–H and O–H groups in total. The van der Waals surface area contributed by atoms with E-state index in [2.05, 4.69) is 9.97 Å². The Morgan fingerprint density at radius 3 is 2.50 bits per heavy atom. The highest BCUT2D eigenvalue weighted by molar-refractivity contribution is 5.77. The molecule has 7 heteroatoms. The van der Waals surface area contributed by atoms with Crippen LogP contribution in [0.2, 0.25) is 0 Å². The molecule has 0 aliphatic carbocycles. The second kappa shape index (κ2) is 7.72. The van der Waals surface area contributed by atoms with Crippen LogP contribution in [-0.4, -0.2) is 46.6 Å². The molecule has 1 amide bonds. The molecule has 24 heavy (non-hydrogen) atoms. The van der Waals surface area contributed by atoms with Crippen molar-refractivity contribution in [2.45, 2.75) is 18.9 Å². The average molecular weight is 331 g/mol. The second-order valence-electron chi connectivity index (χ2n) is 5.47. The van der Waals surface area contributed by atoms with Crippen LogP contribution >= 0.6 is 0 Å². The number of nitrogens with zero attached hydrogens (tertiary/aromatic N) is 3. The predicted octanol–water partition coefficient (Wildman–Crippen LogP) is 2.06. The fourth-order valence-electron chi connectivity index (χ4n) is 2.49. The van der Waals surface area contributed by atoms with Crippen LogP contribution in [0.4, 0.5) is 4.39 Å². The maximum absolute atomic E-state index is 12.8. The Morgan fingerprint density at radius 1 is 1.17 bits per heavy atom. The maximum atomic E-state index is 12.8. The molecule has 0 saturated carbocycles. The van der Waals surface area contributed by atoms with Crippen molar-refractivity contribution in [2.24, 2.45) is 0 Å². The predicted molar refractivity (Wildman–Crippen MR) is 84.2 cm³/mol. The first-order chi connectivity index (χ1) is 11.7. The molecule has 0 atom stereocenters. The summed E-state index contributed by atoms with van der Waals surface area (Å²) in [5.41, 5.74) is 0.